The minimum absolute atomic E-state index is 0.0470. The van der Waals surface area contributed by atoms with Crippen LogP contribution in [0.15, 0.2) is 24.3 Å². The number of nitrogens with one attached hydrogen (secondary N) is 1. The van der Waals surface area contributed by atoms with E-state index in [9.17, 15) is 22.4 Å². The molecule has 25 heavy (non-hydrogen) atoms. The van der Waals surface area contributed by atoms with Gasteiger partial charge in [0, 0.05) is 24.7 Å². The van der Waals surface area contributed by atoms with E-state index < -0.39 is 35.3 Å². The largest absolute Gasteiger partial charge is 0.373 e. The number of halogens is 4. The molecule has 8 heteroatoms. The highest BCUT2D eigenvalue weighted by Crippen LogP contribution is 2.28. The monoisotopic (exact) mass is 353 g/mol. The van der Waals surface area contributed by atoms with Gasteiger partial charge in [0.1, 0.15) is 5.69 Å². The smallest absolute Gasteiger partial charge is 0.253 e. The van der Waals surface area contributed by atoms with E-state index in [1.165, 1.54) is 0 Å². The molecule has 0 saturated carbocycles. The molecule has 0 spiro atoms. The van der Waals surface area contributed by atoms with E-state index in [4.69, 9.17) is 0 Å². The maximum absolute atomic E-state index is 13.7. The lowest BCUT2D eigenvalue weighted by atomic mass is 10.1. The zero-order valence-corrected chi connectivity index (χ0v) is 13.3. The van der Waals surface area contributed by atoms with Gasteiger partial charge >= 0.3 is 0 Å². The van der Waals surface area contributed by atoms with Gasteiger partial charge in [-0.25, -0.2) is 0 Å². The Bertz CT molecular complexity index is 784. The van der Waals surface area contributed by atoms with E-state index in [0.717, 1.165) is 12.1 Å². The number of aromatic nitrogens is 1. The van der Waals surface area contributed by atoms with Crippen molar-refractivity contribution >= 4 is 17.3 Å². The molecule has 1 N–H and O–H groups in total. The van der Waals surface area contributed by atoms with E-state index in [1.807, 2.05) is 0 Å². The highest BCUT2D eigenvalue weighted by molar-refractivity contribution is 5.95. The number of anilines is 2. The summed E-state index contributed by atoms with van der Waals surface area (Å²) in [5, 5.41) is 2.42. The van der Waals surface area contributed by atoms with Crippen LogP contribution in [0.4, 0.5) is 28.9 Å². The molecule has 0 bridgehead atoms. The zero-order chi connectivity index (χ0) is 18.1. The summed E-state index contributed by atoms with van der Waals surface area (Å²) < 4.78 is 53.7. The molecule has 1 aliphatic rings. The van der Waals surface area contributed by atoms with Gasteiger partial charge in [0.25, 0.3) is 11.9 Å². The molecule has 1 aliphatic heterocycles. The second-order valence-corrected chi connectivity index (χ2v) is 5.80. The normalized spacial score (nSPS) is 15.6. The third-order valence-electron chi connectivity index (χ3n) is 4.14. The van der Waals surface area contributed by atoms with Crippen LogP contribution >= 0.6 is 0 Å². The van der Waals surface area contributed by atoms with Gasteiger partial charge in [0.05, 0.1) is 0 Å². The van der Waals surface area contributed by atoms with Crippen molar-refractivity contribution in [3.05, 3.63) is 53.4 Å². The van der Waals surface area contributed by atoms with E-state index in [0.29, 0.717) is 18.5 Å². The molecule has 1 amide bonds. The predicted molar refractivity (Wildman–Crippen MR) is 84.1 cm³/mol. The number of rotatable bonds is 4. The standard InChI is InChI=1S/C17H15F4N3O/c1-9(22-15-13(18)16(20)23-17(21)14(15)19)10-4-6-11(7-5-10)24-8-2-3-12(24)25/h4-7,9H,2-3,8H2,1H3,(H,22,23). The Hall–Kier alpha value is -2.64. The Kier molecular flexibility index (Phi) is 4.61. The second-order valence-electron chi connectivity index (χ2n) is 5.80. The van der Waals surface area contributed by atoms with Crippen LogP contribution in [-0.4, -0.2) is 17.4 Å². The maximum Gasteiger partial charge on any atom is 0.253 e. The van der Waals surface area contributed by atoms with Crippen LogP contribution in [0.5, 0.6) is 0 Å². The summed E-state index contributed by atoms with van der Waals surface area (Å²) >= 11 is 0. The van der Waals surface area contributed by atoms with Crippen molar-refractivity contribution in [3.63, 3.8) is 0 Å². The first-order valence-electron chi connectivity index (χ1n) is 7.75. The first-order chi connectivity index (χ1) is 11.9. The molecule has 1 fully saturated rings. The fourth-order valence-electron chi connectivity index (χ4n) is 2.78. The number of hydrogen-bond acceptors (Lipinski definition) is 3. The molecule has 4 nitrogen and oxygen atoms in total. The number of amides is 1. The summed E-state index contributed by atoms with van der Waals surface area (Å²) in [4.78, 5) is 15.9. The average molecular weight is 353 g/mol. The number of pyridine rings is 1. The Morgan fingerprint density at radius 2 is 1.68 bits per heavy atom. The van der Waals surface area contributed by atoms with Gasteiger partial charge in [-0.1, -0.05) is 12.1 Å². The SMILES string of the molecule is CC(Nc1c(F)c(F)nc(F)c1F)c1ccc(N2CCCC2=O)cc1. The molecule has 1 aromatic heterocycles. The molecule has 0 radical (unpaired) electrons. The van der Waals surface area contributed by atoms with Gasteiger partial charge in [-0.15, -0.1) is 0 Å². The van der Waals surface area contributed by atoms with Crippen LogP contribution in [0.1, 0.15) is 31.4 Å². The lowest BCUT2D eigenvalue weighted by Crippen LogP contribution is -2.23. The van der Waals surface area contributed by atoms with Crippen LogP contribution < -0.4 is 10.2 Å². The van der Waals surface area contributed by atoms with Gasteiger partial charge < -0.3 is 10.2 Å². The molecule has 2 heterocycles. The average Bonchev–Trinajstić information content (AvgIpc) is 3.03. The summed E-state index contributed by atoms with van der Waals surface area (Å²) in [5.74, 6) is -6.53. The predicted octanol–water partition coefficient (Wildman–Crippen LogP) is 3.94. The van der Waals surface area contributed by atoms with Crippen molar-refractivity contribution < 1.29 is 22.4 Å². The fourth-order valence-corrected chi connectivity index (χ4v) is 2.78. The first kappa shape index (κ1) is 17.2. The van der Waals surface area contributed by atoms with Crippen LogP contribution in [0.3, 0.4) is 0 Å². The fraction of sp³-hybridized carbons (Fsp3) is 0.294. The molecule has 1 saturated heterocycles. The summed E-state index contributed by atoms with van der Waals surface area (Å²) in [6.45, 7) is 2.24. The third-order valence-corrected chi connectivity index (χ3v) is 4.14. The number of carbonyl (C=O) groups is 1. The van der Waals surface area contributed by atoms with Crippen molar-refractivity contribution in [3.8, 4) is 0 Å². The summed E-state index contributed by atoms with van der Waals surface area (Å²) in [6.07, 6.45) is 1.31. The van der Waals surface area contributed by atoms with Crippen LogP contribution in [-0.2, 0) is 4.79 Å². The Morgan fingerprint density at radius 3 is 2.20 bits per heavy atom. The van der Waals surface area contributed by atoms with E-state index >= 15 is 0 Å². The Morgan fingerprint density at radius 1 is 1.08 bits per heavy atom. The molecule has 132 valence electrons. The van der Waals surface area contributed by atoms with Crippen LogP contribution in [0.2, 0.25) is 0 Å². The molecular weight excluding hydrogens is 338 g/mol. The summed E-state index contributed by atoms with van der Waals surface area (Å²) in [5.41, 5.74) is 0.458. The van der Waals surface area contributed by atoms with E-state index in [-0.39, 0.29) is 5.91 Å². The molecule has 2 aromatic rings. The van der Waals surface area contributed by atoms with Crippen molar-refractivity contribution in [2.24, 2.45) is 0 Å². The first-order valence-corrected chi connectivity index (χ1v) is 7.75. The summed E-state index contributed by atoms with van der Waals surface area (Å²) in [7, 11) is 0. The third kappa shape index (κ3) is 3.29. The number of hydrogen-bond donors (Lipinski definition) is 1. The second kappa shape index (κ2) is 6.70. The van der Waals surface area contributed by atoms with E-state index in [1.54, 1.807) is 36.1 Å². The van der Waals surface area contributed by atoms with Gasteiger partial charge in [-0.05, 0) is 31.0 Å². The maximum atomic E-state index is 13.7. The van der Waals surface area contributed by atoms with Crippen LogP contribution in [0.25, 0.3) is 0 Å². The highest BCUT2D eigenvalue weighted by Gasteiger charge is 2.23. The Balaban J connectivity index is 1.80. The molecule has 1 aromatic carbocycles. The number of nitrogens with zero attached hydrogens (tertiary/aromatic N) is 2. The minimum Gasteiger partial charge on any atom is -0.373 e. The minimum atomic E-state index is -1.71. The van der Waals surface area contributed by atoms with Crippen molar-refractivity contribution in [2.45, 2.75) is 25.8 Å². The molecular formula is C17H15F4N3O. The summed E-state index contributed by atoms with van der Waals surface area (Å²) in [6, 6.07) is 6.17. The highest BCUT2D eigenvalue weighted by atomic mass is 19.2. The molecule has 1 unspecified atom stereocenters. The van der Waals surface area contributed by atoms with Crippen LogP contribution in [0, 0.1) is 23.5 Å². The van der Waals surface area contributed by atoms with Gasteiger partial charge in [-0.2, -0.15) is 22.5 Å². The Labute approximate surface area is 141 Å². The quantitative estimate of drug-likeness (QED) is 0.669. The van der Waals surface area contributed by atoms with Crippen molar-refractivity contribution in [1.29, 1.82) is 0 Å². The molecule has 1 atom stereocenters. The van der Waals surface area contributed by atoms with Gasteiger partial charge in [-0.3, -0.25) is 4.79 Å². The van der Waals surface area contributed by atoms with Gasteiger partial charge in [0.2, 0.25) is 17.5 Å². The lowest BCUT2D eigenvalue weighted by molar-refractivity contribution is -0.117. The lowest BCUT2D eigenvalue weighted by Gasteiger charge is -2.19. The van der Waals surface area contributed by atoms with Gasteiger partial charge in [0.15, 0.2) is 0 Å². The van der Waals surface area contributed by atoms with Crippen molar-refractivity contribution in [1.82, 2.24) is 4.98 Å². The van der Waals surface area contributed by atoms with Crippen molar-refractivity contribution in [2.75, 3.05) is 16.8 Å². The zero-order valence-electron chi connectivity index (χ0n) is 13.3. The molecule has 3 rings (SSSR count). The van der Waals surface area contributed by atoms with E-state index in [2.05, 4.69) is 10.3 Å². The number of benzene rings is 1. The topological polar surface area (TPSA) is 45.2 Å². The number of carbonyl (C=O) groups excluding carboxylic acids is 1. The molecule has 0 aliphatic carbocycles.